The van der Waals surface area contributed by atoms with Gasteiger partial charge in [-0.05, 0) is 50.9 Å². The Kier molecular flexibility index (Phi) is 4.57. The zero-order valence-corrected chi connectivity index (χ0v) is 14.4. The Morgan fingerprint density at radius 3 is 2.62 bits per heavy atom. The molecular weight excluding hydrogens is 343 g/mol. The van der Waals surface area contributed by atoms with Gasteiger partial charge in [-0.3, -0.25) is 9.48 Å². The van der Waals surface area contributed by atoms with Gasteiger partial charge in [0.2, 0.25) is 5.91 Å². The first kappa shape index (κ1) is 17.6. The van der Waals surface area contributed by atoms with E-state index in [1.54, 1.807) is 0 Å². The Labute approximate surface area is 143 Å². The van der Waals surface area contributed by atoms with Crippen LogP contribution < -0.4 is 5.32 Å². The van der Waals surface area contributed by atoms with Crippen molar-refractivity contribution in [2.45, 2.75) is 58.3 Å². The van der Waals surface area contributed by atoms with Crippen molar-refractivity contribution in [2.24, 2.45) is 17.8 Å². The number of amides is 1. The molecule has 2 saturated carbocycles. The molecule has 0 spiro atoms. The molecule has 0 unspecified atom stereocenters. The van der Waals surface area contributed by atoms with Crippen molar-refractivity contribution in [3.8, 4) is 0 Å². The minimum atomic E-state index is -4.63. The number of rotatable bonds is 4. The van der Waals surface area contributed by atoms with Crippen LogP contribution >= 0.6 is 11.6 Å². The SMILES string of the molecule is Cc1c(Cl)c(C(F)(F)F)nn1CC(=O)N[C@@H](C)[C@@H]1C[C@H]2CC[C@H]1C2. The van der Waals surface area contributed by atoms with Gasteiger partial charge in [0.1, 0.15) is 6.54 Å². The van der Waals surface area contributed by atoms with Crippen molar-refractivity contribution in [1.29, 1.82) is 0 Å². The van der Waals surface area contributed by atoms with Gasteiger partial charge in [0.05, 0.1) is 10.7 Å². The summed E-state index contributed by atoms with van der Waals surface area (Å²) in [4.78, 5) is 12.2. The first-order chi connectivity index (χ1) is 11.2. The van der Waals surface area contributed by atoms with Crippen molar-refractivity contribution in [3.05, 3.63) is 16.4 Å². The summed E-state index contributed by atoms with van der Waals surface area (Å²) in [7, 11) is 0. The van der Waals surface area contributed by atoms with E-state index in [9.17, 15) is 18.0 Å². The van der Waals surface area contributed by atoms with E-state index >= 15 is 0 Å². The average molecular weight is 364 g/mol. The lowest BCUT2D eigenvalue weighted by Crippen LogP contribution is -2.41. The molecule has 3 rings (SSSR count). The highest BCUT2D eigenvalue weighted by Gasteiger charge is 2.42. The number of nitrogens with one attached hydrogen (secondary N) is 1. The van der Waals surface area contributed by atoms with Crippen LogP contribution in [-0.4, -0.2) is 21.7 Å². The maximum atomic E-state index is 12.8. The van der Waals surface area contributed by atoms with E-state index in [1.165, 1.54) is 26.2 Å². The highest BCUT2D eigenvalue weighted by atomic mass is 35.5. The van der Waals surface area contributed by atoms with Crippen LogP contribution in [0.4, 0.5) is 13.2 Å². The summed E-state index contributed by atoms with van der Waals surface area (Å²) in [5, 5.41) is 5.94. The maximum Gasteiger partial charge on any atom is 0.436 e. The van der Waals surface area contributed by atoms with Gasteiger partial charge in [0.25, 0.3) is 0 Å². The Morgan fingerprint density at radius 2 is 2.12 bits per heavy atom. The Bertz CT molecular complexity index is 643. The van der Waals surface area contributed by atoms with Crippen LogP contribution in [0.25, 0.3) is 0 Å². The lowest BCUT2D eigenvalue weighted by atomic mass is 9.84. The second-order valence-electron chi connectivity index (χ2n) is 7.10. The minimum absolute atomic E-state index is 0.0289. The summed E-state index contributed by atoms with van der Waals surface area (Å²) in [6, 6.07) is 0.0289. The molecule has 1 N–H and O–H groups in total. The van der Waals surface area contributed by atoms with E-state index < -0.39 is 16.9 Å². The first-order valence-electron chi connectivity index (χ1n) is 8.26. The normalized spacial score (nSPS) is 27.5. The van der Waals surface area contributed by atoms with Gasteiger partial charge in [-0.25, -0.2) is 0 Å². The molecule has 2 aliphatic rings. The minimum Gasteiger partial charge on any atom is -0.352 e. The molecule has 0 saturated heterocycles. The molecule has 1 aromatic heterocycles. The van der Waals surface area contributed by atoms with Gasteiger partial charge in [0, 0.05) is 6.04 Å². The molecule has 0 aromatic carbocycles. The average Bonchev–Trinajstić information content (AvgIpc) is 3.17. The summed E-state index contributed by atoms with van der Waals surface area (Å²) in [6.45, 7) is 3.15. The summed E-state index contributed by atoms with van der Waals surface area (Å²) >= 11 is 5.70. The Balaban J connectivity index is 1.63. The maximum absolute atomic E-state index is 12.8. The number of aromatic nitrogens is 2. The van der Waals surface area contributed by atoms with Gasteiger partial charge < -0.3 is 5.32 Å². The van der Waals surface area contributed by atoms with Gasteiger partial charge in [0.15, 0.2) is 5.69 Å². The summed E-state index contributed by atoms with van der Waals surface area (Å²) in [5.74, 6) is 1.59. The molecule has 1 heterocycles. The van der Waals surface area contributed by atoms with E-state index in [0.29, 0.717) is 11.8 Å². The van der Waals surface area contributed by atoms with Gasteiger partial charge >= 0.3 is 6.18 Å². The van der Waals surface area contributed by atoms with Crippen molar-refractivity contribution in [2.75, 3.05) is 0 Å². The molecule has 0 aliphatic heterocycles. The molecule has 4 nitrogen and oxygen atoms in total. The molecule has 2 bridgehead atoms. The van der Waals surface area contributed by atoms with Crippen molar-refractivity contribution < 1.29 is 18.0 Å². The second kappa shape index (κ2) is 6.24. The van der Waals surface area contributed by atoms with Crippen LogP contribution in [0.15, 0.2) is 0 Å². The van der Waals surface area contributed by atoms with Crippen LogP contribution in [0.3, 0.4) is 0 Å². The predicted octanol–water partition coefficient (Wildman–Crippen LogP) is 3.80. The molecule has 1 amide bonds. The smallest absolute Gasteiger partial charge is 0.352 e. The summed E-state index contributed by atoms with van der Waals surface area (Å²) in [5.41, 5.74) is -0.998. The van der Waals surface area contributed by atoms with E-state index in [2.05, 4.69) is 10.4 Å². The third-order valence-electron chi connectivity index (χ3n) is 5.52. The van der Waals surface area contributed by atoms with Crippen LogP contribution in [0.5, 0.6) is 0 Å². The lowest BCUT2D eigenvalue weighted by molar-refractivity contribution is -0.141. The zero-order valence-electron chi connectivity index (χ0n) is 13.7. The molecule has 1 aromatic rings. The number of halogens is 4. The van der Waals surface area contributed by atoms with Crippen molar-refractivity contribution in [1.82, 2.24) is 15.1 Å². The van der Waals surface area contributed by atoms with Crippen molar-refractivity contribution in [3.63, 3.8) is 0 Å². The lowest BCUT2D eigenvalue weighted by Gasteiger charge is -2.28. The molecular formula is C16H21ClF3N3O. The Morgan fingerprint density at radius 1 is 1.42 bits per heavy atom. The first-order valence-corrected chi connectivity index (χ1v) is 8.64. The van der Waals surface area contributed by atoms with Crippen LogP contribution in [-0.2, 0) is 17.5 Å². The fourth-order valence-electron chi connectivity index (χ4n) is 4.31. The van der Waals surface area contributed by atoms with E-state index in [0.717, 1.165) is 17.0 Å². The standard InChI is InChI=1S/C16H21ClF3N3O/c1-8(12-6-10-3-4-11(12)5-10)21-13(24)7-23-9(2)14(17)15(22-23)16(18,19)20/h8,10-12H,3-7H2,1-2H3,(H,21,24)/t8-,10-,11-,12-/m0/s1. The molecule has 8 heteroatoms. The second-order valence-corrected chi connectivity index (χ2v) is 7.48. The van der Waals surface area contributed by atoms with Gasteiger partial charge in [-0.1, -0.05) is 18.0 Å². The summed E-state index contributed by atoms with van der Waals surface area (Å²) < 4.78 is 39.5. The van der Waals surface area contributed by atoms with Crippen molar-refractivity contribution >= 4 is 17.5 Å². The molecule has 4 atom stereocenters. The fraction of sp³-hybridized carbons (Fsp3) is 0.750. The number of fused-ring (bicyclic) bond motifs is 2. The number of alkyl halides is 3. The van der Waals surface area contributed by atoms with Crippen LogP contribution in [0.2, 0.25) is 5.02 Å². The van der Waals surface area contributed by atoms with E-state index in [1.807, 2.05) is 6.92 Å². The zero-order chi connectivity index (χ0) is 17.6. The number of carbonyl (C=O) groups is 1. The van der Waals surface area contributed by atoms with Gasteiger partial charge in [-0.15, -0.1) is 0 Å². The van der Waals surface area contributed by atoms with E-state index in [4.69, 9.17) is 11.6 Å². The van der Waals surface area contributed by atoms with Crippen LogP contribution in [0, 0.1) is 24.7 Å². The third-order valence-corrected chi connectivity index (χ3v) is 5.97. The number of carbonyl (C=O) groups excluding carboxylic acids is 1. The van der Waals surface area contributed by atoms with E-state index in [-0.39, 0.29) is 24.2 Å². The summed E-state index contributed by atoms with van der Waals surface area (Å²) in [6.07, 6.45) is 0.260. The fourth-order valence-corrected chi connectivity index (χ4v) is 4.55. The highest BCUT2D eigenvalue weighted by molar-refractivity contribution is 6.32. The van der Waals surface area contributed by atoms with Crippen LogP contribution in [0.1, 0.15) is 44.0 Å². The molecule has 24 heavy (non-hydrogen) atoms. The molecule has 2 aliphatic carbocycles. The predicted molar refractivity (Wildman–Crippen MR) is 83.5 cm³/mol. The number of hydrogen-bond acceptors (Lipinski definition) is 2. The molecule has 2 fully saturated rings. The number of hydrogen-bond donors (Lipinski definition) is 1. The number of nitrogens with zero attached hydrogens (tertiary/aromatic N) is 2. The van der Waals surface area contributed by atoms with Gasteiger partial charge in [-0.2, -0.15) is 18.3 Å². The molecule has 134 valence electrons. The topological polar surface area (TPSA) is 46.9 Å². The monoisotopic (exact) mass is 363 g/mol. The largest absolute Gasteiger partial charge is 0.436 e. The highest BCUT2D eigenvalue weighted by Crippen LogP contribution is 2.49. The molecule has 0 radical (unpaired) electrons. The Hall–Kier alpha value is -1.24. The third kappa shape index (κ3) is 3.27. The quantitative estimate of drug-likeness (QED) is 0.884.